The van der Waals surface area contributed by atoms with E-state index < -0.39 is 17.5 Å². The van der Waals surface area contributed by atoms with Gasteiger partial charge < -0.3 is 9.84 Å². The Morgan fingerprint density at radius 1 is 1.00 bits per heavy atom. The molecule has 0 aromatic heterocycles. The zero-order valence-electron chi connectivity index (χ0n) is 13.9. The average Bonchev–Trinajstić information content (AvgIpc) is 3.13. The summed E-state index contributed by atoms with van der Waals surface area (Å²) in [6, 6.07) is 16.5. The summed E-state index contributed by atoms with van der Waals surface area (Å²) < 4.78 is 5.18. The van der Waals surface area contributed by atoms with Gasteiger partial charge in [-0.05, 0) is 36.1 Å². The second kappa shape index (κ2) is 7.38. The lowest BCUT2D eigenvalue weighted by molar-refractivity contribution is -0.143. The summed E-state index contributed by atoms with van der Waals surface area (Å²) in [5, 5.41) is 12.3. The first-order chi connectivity index (χ1) is 12.1. The van der Waals surface area contributed by atoms with E-state index in [9.17, 15) is 14.7 Å². The first-order valence-corrected chi connectivity index (χ1v) is 8.42. The Hall–Kier alpha value is -2.82. The molecule has 0 spiro atoms. The lowest BCUT2D eigenvalue weighted by Gasteiger charge is -2.24. The van der Waals surface area contributed by atoms with Crippen molar-refractivity contribution in [2.45, 2.75) is 37.7 Å². The van der Waals surface area contributed by atoms with Gasteiger partial charge in [0.15, 0.2) is 0 Å². The summed E-state index contributed by atoms with van der Waals surface area (Å²) >= 11 is 0. The third-order valence-corrected chi connectivity index (χ3v) is 4.76. The van der Waals surface area contributed by atoms with Gasteiger partial charge in [0.05, 0.1) is 5.41 Å². The number of hydrogen-bond acceptors (Lipinski definition) is 3. The molecule has 0 heterocycles. The molecule has 2 aromatic carbocycles. The third-order valence-electron chi connectivity index (χ3n) is 4.76. The van der Waals surface area contributed by atoms with Gasteiger partial charge in [-0.1, -0.05) is 55.3 Å². The highest BCUT2D eigenvalue weighted by Crippen LogP contribution is 2.41. The van der Waals surface area contributed by atoms with E-state index in [2.05, 4.69) is 5.32 Å². The normalized spacial score (nSPS) is 15.5. The van der Waals surface area contributed by atoms with Gasteiger partial charge in [-0.25, -0.2) is 4.79 Å². The molecule has 1 amide bonds. The maximum atomic E-state index is 11.9. The summed E-state index contributed by atoms with van der Waals surface area (Å²) in [5.74, 6) is -0.770. The number of hydrogen-bond donors (Lipinski definition) is 2. The largest absolute Gasteiger partial charge is 0.481 e. The topological polar surface area (TPSA) is 75.6 Å². The minimum absolute atomic E-state index is 0.201. The number of carboxylic acid groups (broad SMARTS) is 1. The number of ether oxygens (including phenoxy) is 1. The Morgan fingerprint density at radius 2 is 1.64 bits per heavy atom. The average molecular weight is 339 g/mol. The fraction of sp³-hybridized carbons (Fsp3) is 0.300. The smallest absolute Gasteiger partial charge is 0.411 e. The molecular weight excluding hydrogens is 318 g/mol. The standard InChI is InChI=1S/C20H21NO4/c22-18(23)20(12-4-5-13-20)16-8-10-17(11-9-16)21-19(24)25-14-15-6-2-1-3-7-15/h1-3,6-11H,4-5,12-14H2,(H,21,24)(H,22,23). The van der Waals surface area contributed by atoms with Crippen molar-refractivity contribution in [2.24, 2.45) is 0 Å². The maximum Gasteiger partial charge on any atom is 0.411 e. The molecule has 2 aromatic rings. The van der Waals surface area contributed by atoms with Crippen molar-refractivity contribution >= 4 is 17.7 Å². The molecule has 1 aliphatic carbocycles. The summed E-state index contributed by atoms with van der Waals surface area (Å²) in [7, 11) is 0. The summed E-state index contributed by atoms with van der Waals surface area (Å²) in [6.07, 6.45) is 2.64. The van der Waals surface area contributed by atoms with Gasteiger partial charge in [-0.15, -0.1) is 0 Å². The van der Waals surface area contributed by atoms with Crippen molar-refractivity contribution in [2.75, 3.05) is 5.32 Å². The number of benzene rings is 2. The highest BCUT2D eigenvalue weighted by molar-refractivity contribution is 5.85. The molecule has 0 atom stereocenters. The van der Waals surface area contributed by atoms with Gasteiger partial charge in [0.2, 0.25) is 0 Å². The number of carbonyl (C=O) groups excluding carboxylic acids is 1. The van der Waals surface area contributed by atoms with Crippen molar-refractivity contribution in [3.05, 3.63) is 65.7 Å². The number of amides is 1. The predicted molar refractivity (Wildman–Crippen MR) is 94.5 cm³/mol. The Kier molecular flexibility index (Phi) is 5.03. The van der Waals surface area contributed by atoms with E-state index in [1.54, 1.807) is 24.3 Å². The molecule has 0 bridgehead atoms. The van der Waals surface area contributed by atoms with Crippen LogP contribution in [0.15, 0.2) is 54.6 Å². The van der Waals surface area contributed by atoms with Gasteiger partial charge in [-0.3, -0.25) is 10.1 Å². The highest BCUT2D eigenvalue weighted by atomic mass is 16.5. The first kappa shape index (κ1) is 17.0. The molecule has 0 saturated heterocycles. The van der Waals surface area contributed by atoms with Crippen LogP contribution in [0.3, 0.4) is 0 Å². The number of carbonyl (C=O) groups is 2. The van der Waals surface area contributed by atoms with Gasteiger partial charge in [0, 0.05) is 5.69 Å². The molecule has 5 heteroatoms. The van der Waals surface area contributed by atoms with Crippen molar-refractivity contribution in [3.8, 4) is 0 Å². The van der Waals surface area contributed by atoms with Crippen LogP contribution in [0.25, 0.3) is 0 Å². The van der Waals surface area contributed by atoms with Crippen LogP contribution in [0, 0.1) is 0 Å². The Labute approximate surface area is 146 Å². The quantitative estimate of drug-likeness (QED) is 0.850. The number of carboxylic acids is 1. The predicted octanol–water partition coefficient (Wildman–Crippen LogP) is 4.33. The van der Waals surface area contributed by atoms with E-state index in [0.29, 0.717) is 18.5 Å². The van der Waals surface area contributed by atoms with E-state index in [1.807, 2.05) is 30.3 Å². The van der Waals surface area contributed by atoms with Crippen LogP contribution in [-0.4, -0.2) is 17.2 Å². The lowest BCUT2D eigenvalue weighted by atomic mass is 9.79. The fourth-order valence-corrected chi connectivity index (χ4v) is 3.35. The second-order valence-electron chi connectivity index (χ2n) is 6.36. The molecule has 1 fully saturated rings. The molecule has 0 aliphatic heterocycles. The second-order valence-corrected chi connectivity index (χ2v) is 6.36. The number of rotatable bonds is 5. The SMILES string of the molecule is O=C(Nc1ccc(C2(C(=O)O)CCCC2)cc1)OCc1ccccc1. The Bertz CT molecular complexity index is 734. The summed E-state index contributed by atoms with van der Waals surface area (Å²) in [5.41, 5.74) is 1.51. The summed E-state index contributed by atoms with van der Waals surface area (Å²) in [4.78, 5) is 23.6. The zero-order chi connectivity index (χ0) is 17.7. The third kappa shape index (κ3) is 3.82. The zero-order valence-corrected chi connectivity index (χ0v) is 13.9. The van der Waals surface area contributed by atoms with Crippen LogP contribution in [0.5, 0.6) is 0 Å². The van der Waals surface area contributed by atoms with Crippen LogP contribution >= 0.6 is 0 Å². The van der Waals surface area contributed by atoms with Gasteiger partial charge in [0.25, 0.3) is 0 Å². The highest BCUT2D eigenvalue weighted by Gasteiger charge is 2.42. The van der Waals surface area contributed by atoms with Gasteiger partial charge >= 0.3 is 12.1 Å². The van der Waals surface area contributed by atoms with Crippen LogP contribution < -0.4 is 5.32 Å². The van der Waals surface area contributed by atoms with Gasteiger partial charge in [0.1, 0.15) is 6.61 Å². The molecule has 1 aliphatic rings. The van der Waals surface area contributed by atoms with E-state index in [0.717, 1.165) is 24.0 Å². The molecule has 3 rings (SSSR count). The number of nitrogens with one attached hydrogen (secondary N) is 1. The van der Waals surface area contributed by atoms with Crippen molar-refractivity contribution < 1.29 is 19.4 Å². The molecule has 2 N–H and O–H groups in total. The summed E-state index contributed by atoms with van der Waals surface area (Å²) in [6.45, 7) is 0.201. The fourth-order valence-electron chi connectivity index (χ4n) is 3.35. The molecule has 130 valence electrons. The van der Waals surface area contributed by atoms with Crippen LogP contribution in [0.2, 0.25) is 0 Å². The van der Waals surface area contributed by atoms with E-state index in [-0.39, 0.29) is 6.61 Å². The van der Waals surface area contributed by atoms with Crippen molar-refractivity contribution in [1.82, 2.24) is 0 Å². The van der Waals surface area contributed by atoms with Crippen molar-refractivity contribution in [1.29, 1.82) is 0 Å². The monoisotopic (exact) mass is 339 g/mol. The maximum absolute atomic E-state index is 11.9. The van der Waals surface area contributed by atoms with Crippen LogP contribution in [0.4, 0.5) is 10.5 Å². The van der Waals surface area contributed by atoms with E-state index in [1.165, 1.54) is 0 Å². The minimum Gasteiger partial charge on any atom is -0.481 e. The van der Waals surface area contributed by atoms with Crippen LogP contribution in [-0.2, 0) is 21.6 Å². The minimum atomic E-state index is -0.785. The van der Waals surface area contributed by atoms with Crippen LogP contribution in [0.1, 0.15) is 36.8 Å². The molecular formula is C20H21NO4. The van der Waals surface area contributed by atoms with E-state index >= 15 is 0 Å². The molecule has 0 unspecified atom stereocenters. The molecule has 1 saturated carbocycles. The lowest BCUT2D eigenvalue weighted by Crippen LogP contribution is -2.32. The molecule has 25 heavy (non-hydrogen) atoms. The number of aliphatic carboxylic acids is 1. The van der Waals surface area contributed by atoms with Gasteiger partial charge in [-0.2, -0.15) is 0 Å². The molecule has 0 radical (unpaired) electrons. The molecule has 5 nitrogen and oxygen atoms in total. The Balaban J connectivity index is 1.60. The van der Waals surface area contributed by atoms with E-state index in [4.69, 9.17) is 4.74 Å². The van der Waals surface area contributed by atoms with Crippen molar-refractivity contribution in [3.63, 3.8) is 0 Å². The Morgan fingerprint density at radius 3 is 2.24 bits per heavy atom. The number of anilines is 1. The first-order valence-electron chi connectivity index (χ1n) is 8.42.